The zero-order chi connectivity index (χ0) is 12.7. The van der Waals surface area contributed by atoms with Gasteiger partial charge in [0.25, 0.3) is 0 Å². The van der Waals surface area contributed by atoms with Gasteiger partial charge in [0.15, 0.2) is 0 Å². The first-order valence-corrected chi connectivity index (χ1v) is 9.78. The van der Waals surface area contributed by atoms with Gasteiger partial charge >= 0.3 is 0 Å². The standard InChI is InChI=1S/C20H28/c1-12-2-14-3-13(1)9-19(8-12,10-14)20-16-5-11-4-15(7-16)18(20)17(20)6-11/h11-18H,1-10H2/t11-,12?,13?,14?,15?,16-,17+,18?,19?,20?/m1/s1. The maximum atomic E-state index is 1.70. The van der Waals surface area contributed by atoms with E-state index in [1.54, 1.807) is 64.2 Å². The molecular weight excluding hydrogens is 240 g/mol. The average Bonchev–Trinajstić information content (AvgIpc) is 3.01. The monoisotopic (exact) mass is 268 g/mol. The smallest absolute Gasteiger partial charge is 0.0147 e. The van der Waals surface area contributed by atoms with Gasteiger partial charge in [0.2, 0.25) is 0 Å². The molecule has 0 heteroatoms. The molecule has 0 amide bonds. The molecule has 0 spiro atoms. The van der Waals surface area contributed by atoms with Gasteiger partial charge < -0.3 is 0 Å². The van der Waals surface area contributed by atoms with Crippen LogP contribution in [-0.4, -0.2) is 0 Å². The van der Waals surface area contributed by atoms with E-state index in [9.17, 15) is 0 Å². The first-order valence-electron chi connectivity index (χ1n) is 9.78. The lowest BCUT2D eigenvalue weighted by Crippen LogP contribution is -2.53. The van der Waals surface area contributed by atoms with E-state index in [-0.39, 0.29) is 0 Å². The average molecular weight is 268 g/mol. The highest BCUT2D eigenvalue weighted by Gasteiger charge is 2.84. The van der Waals surface area contributed by atoms with Crippen LogP contribution < -0.4 is 0 Å². The summed E-state index contributed by atoms with van der Waals surface area (Å²) in [5.41, 5.74) is 1.84. The summed E-state index contributed by atoms with van der Waals surface area (Å²) in [6, 6.07) is 0. The molecule has 9 fully saturated rings. The molecule has 0 heterocycles. The lowest BCUT2D eigenvalue weighted by molar-refractivity contribution is -0.127. The highest BCUT2D eigenvalue weighted by molar-refractivity contribution is 5.32. The Morgan fingerprint density at radius 2 is 1.30 bits per heavy atom. The highest BCUT2D eigenvalue weighted by Crippen LogP contribution is 2.90. The summed E-state index contributed by atoms with van der Waals surface area (Å²) in [5.74, 6) is 9.63. The summed E-state index contributed by atoms with van der Waals surface area (Å²) < 4.78 is 0. The Labute approximate surface area is 123 Å². The second-order valence-corrected chi connectivity index (χ2v) is 10.5. The summed E-state index contributed by atoms with van der Waals surface area (Å²) in [7, 11) is 0. The molecule has 9 aliphatic carbocycles. The van der Waals surface area contributed by atoms with E-state index >= 15 is 0 Å². The van der Waals surface area contributed by atoms with E-state index in [0.717, 1.165) is 10.8 Å². The molecule has 9 saturated carbocycles. The molecule has 0 saturated heterocycles. The molecule has 0 nitrogen and oxygen atoms in total. The van der Waals surface area contributed by atoms with E-state index in [2.05, 4.69) is 0 Å². The first kappa shape index (κ1) is 10.7. The molecule has 0 aliphatic heterocycles. The van der Waals surface area contributed by atoms with Crippen molar-refractivity contribution in [2.45, 2.75) is 64.2 Å². The van der Waals surface area contributed by atoms with Gasteiger partial charge in [-0.25, -0.2) is 0 Å². The Morgan fingerprint density at radius 3 is 1.95 bits per heavy atom. The minimum atomic E-state index is 0.895. The summed E-state index contributed by atoms with van der Waals surface area (Å²) in [6.45, 7) is 0. The second kappa shape index (κ2) is 2.91. The van der Waals surface area contributed by atoms with Crippen LogP contribution in [0.4, 0.5) is 0 Å². The van der Waals surface area contributed by atoms with Crippen LogP contribution in [0, 0.1) is 58.2 Å². The molecule has 0 aromatic rings. The normalized spacial score (nSPS) is 74.4. The van der Waals surface area contributed by atoms with Crippen molar-refractivity contribution in [3.63, 3.8) is 0 Å². The van der Waals surface area contributed by atoms with Crippen molar-refractivity contribution < 1.29 is 0 Å². The van der Waals surface area contributed by atoms with Gasteiger partial charge in [0.1, 0.15) is 0 Å². The summed E-state index contributed by atoms with van der Waals surface area (Å²) >= 11 is 0. The van der Waals surface area contributed by atoms with Crippen molar-refractivity contribution in [1.29, 1.82) is 0 Å². The van der Waals surface area contributed by atoms with Crippen LogP contribution in [0.1, 0.15) is 64.2 Å². The maximum absolute atomic E-state index is 1.70. The predicted octanol–water partition coefficient (Wildman–Crippen LogP) is 4.89. The number of hydrogen-bond acceptors (Lipinski definition) is 0. The van der Waals surface area contributed by atoms with Crippen LogP contribution in [0.2, 0.25) is 0 Å². The molecule has 9 aliphatic rings. The predicted molar refractivity (Wildman–Crippen MR) is 79.0 cm³/mol. The Bertz CT molecular complexity index is 465. The third-order valence-corrected chi connectivity index (χ3v) is 10.1. The van der Waals surface area contributed by atoms with Gasteiger partial charge in [0, 0.05) is 0 Å². The van der Waals surface area contributed by atoms with Crippen LogP contribution in [0.25, 0.3) is 0 Å². The number of rotatable bonds is 1. The third-order valence-electron chi connectivity index (χ3n) is 10.1. The van der Waals surface area contributed by atoms with Gasteiger partial charge in [-0.05, 0) is 122 Å². The molecule has 108 valence electrons. The molecule has 9 rings (SSSR count). The van der Waals surface area contributed by atoms with Gasteiger partial charge in [0.05, 0.1) is 0 Å². The van der Waals surface area contributed by atoms with E-state index in [1.165, 1.54) is 47.3 Å². The topological polar surface area (TPSA) is 0 Å². The highest BCUT2D eigenvalue weighted by atomic mass is 14.9. The third kappa shape index (κ3) is 0.901. The Morgan fingerprint density at radius 1 is 0.600 bits per heavy atom. The van der Waals surface area contributed by atoms with Gasteiger partial charge in [-0.2, -0.15) is 0 Å². The summed E-state index contributed by atoms with van der Waals surface area (Å²) in [6.07, 6.45) is 16.7. The van der Waals surface area contributed by atoms with Crippen LogP contribution in [0.15, 0.2) is 0 Å². The van der Waals surface area contributed by atoms with Crippen molar-refractivity contribution in [2.75, 3.05) is 0 Å². The second-order valence-electron chi connectivity index (χ2n) is 10.5. The van der Waals surface area contributed by atoms with Gasteiger partial charge in [-0.1, -0.05) is 0 Å². The van der Waals surface area contributed by atoms with E-state index < -0.39 is 0 Å². The van der Waals surface area contributed by atoms with Crippen molar-refractivity contribution >= 4 is 0 Å². The fourth-order valence-corrected chi connectivity index (χ4v) is 10.7. The lowest BCUT2D eigenvalue weighted by atomic mass is 9.42. The molecule has 0 aromatic heterocycles. The maximum Gasteiger partial charge on any atom is -0.0147 e. The molecule has 0 radical (unpaired) electrons. The van der Waals surface area contributed by atoms with E-state index in [1.807, 2.05) is 0 Å². The quantitative estimate of drug-likeness (QED) is 0.635. The SMILES string of the molecule is C1C2CC3CC1CC(C14C5C6C[C@H](C[C@@H]1C6)C[C@@H]54)(C2)C3. The molecule has 20 heavy (non-hydrogen) atoms. The Balaban J connectivity index is 1.40. The van der Waals surface area contributed by atoms with Crippen molar-refractivity contribution in [1.82, 2.24) is 0 Å². The van der Waals surface area contributed by atoms with Crippen molar-refractivity contribution in [2.24, 2.45) is 58.2 Å². The van der Waals surface area contributed by atoms with E-state index in [4.69, 9.17) is 0 Å². The molecular formula is C20H28. The van der Waals surface area contributed by atoms with Crippen LogP contribution in [-0.2, 0) is 0 Å². The summed E-state index contributed by atoms with van der Waals surface area (Å²) in [5, 5.41) is 0. The molecule has 8 bridgehead atoms. The van der Waals surface area contributed by atoms with Crippen molar-refractivity contribution in [3.05, 3.63) is 0 Å². The minimum absolute atomic E-state index is 0.895. The fourth-order valence-electron chi connectivity index (χ4n) is 10.7. The zero-order valence-electron chi connectivity index (χ0n) is 12.7. The van der Waals surface area contributed by atoms with Crippen molar-refractivity contribution in [3.8, 4) is 0 Å². The Kier molecular flexibility index (Phi) is 1.55. The molecule has 0 N–H and O–H groups in total. The minimum Gasteiger partial charge on any atom is -0.0475 e. The largest absolute Gasteiger partial charge is 0.0475 e. The van der Waals surface area contributed by atoms with Crippen LogP contribution in [0.5, 0.6) is 0 Å². The molecule has 3 unspecified atom stereocenters. The molecule has 0 aromatic carbocycles. The number of hydrogen-bond donors (Lipinski definition) is 0. The van der Waals surface area contributed by atoms with Gasteiger partial charge in [-0.15, -0.1) is 0 Å². The Hall–Kier alpha value is 0. The fraction of sp³-hybridized carbons (Fsp3) is 1.00. The molecule has 6 atom stereocenters. The van der Waals surface area contributed by atoms with Gasteiger partial charge in [-0.3, -0.25) is 0 Å². The lowest BCUT2D eigenvalue weighted by Gasteiger charge is -2.62. The first-order chi connectivity index (χ1) is 9.78. The zero-order valence-corrected chi connectivity index (χ0v) is 12.7. The van der Waals surface area contributed by atoms with Crippen LogP contribution in [0.3, 0.4) is 0 Å². The van der Waals surface area contributed by atoms with Crippen LogP contribution >= 0.6 is 0 Å². The summed E-state index contributed by atoms with van der Waals surface area (Å²) in [4.78, 5) is 0. The van der Waals surface area contributed by atoms with E-state index in [0.29, 0.717) is 0 Å².